The molecule has 0 aliphatic heterocycles. The van der Waals surface area contributed by atoms with E-state index in [1.807, 2.05) is 26.2 Å². The van der Waals surface area contributed by atoms with E-state index in [-0.39, 0.29) is 0 Å². The number of aryl methyl sites for hydroxylation is 1. The van der Waals surface area contributed by atoms with Crippen LogP contribution in [0.3, 0.4) is 0 Å². The highest BCUT2D eigenvalue weighted by molar-refractivity contribution is 5.90. The number of nitrogens with one attached hydrogen (secondary N) is 2. The Balaban J connectivity index is 1.24. The summed E-state index contributed by atoms with van der Waals surface area (Å²) in [4.78, 5) is 11.6. The number of rotatable bonds is 8. The van der Waals surface area contributed by atoms with Gasteiger partial charge in [0.1, 0.15) is 5.82 Å². The highest BCUT2D eigenvalue weighted by Gasteiger charge is 2.22. The second kappa shape index (κ2) is 10.1. The highest BCUT2D eigenvalue weighted by Crippen LogP contribution is 2.28. The maximum atomic E-state index is 4.80. The second-order valence-electron chi connectivity index (χ2n) is 9.08. The number of nitrogens with zero attached hydrogens (tertiary/aromatic N) is 3. The predicted molar refractivity (Wildman–Crippen MR) is 131 cm³/mol. The summed E-state index contributed by atoms with van der Waals surface area (Å²) in [6.07, 6.45) is 5.97. The van der Waals surface area contributed by atoms with Gasteiger partial charge >= 0.3 is 0 Å². The Labute approximate surface area is 186 Å². The molecule has 3 aromatic rings. The molecular weight excluding hydrogens is 382 g/mol. The number of benzene rings is 2. The smallest absolute Gasteiger partial charge is 0.225 e. The van der Waals surface area contributed by atoms with Crippen molar-refractivity contribution < 1.29 is 0 Å². The molecule has 5 heteroatoms. The van der Waals surface area contributed by atoms with Crippen LogP contribution in [0.5, 0.6) is 0 Å². The van der Waals surface area contributed by atoms with E-state index in [1.54, 1.807) is 0 Å². The topological polar surface area (TPSA) is 53.1 Å². The fraction of sp³-hybridized carbons (Fsp3) is 0.462. The Hall–Kier alpha value is -2.66. The van der Waals surface area contributed by atoms with Crippen molar-refractivity contribution >= 4 is 22.7 Å². The summed E-state index contributed by atoms with van der Waals surface area (Å²) in [6.45, 7) is 4.32. The minimum atomic E-state index is 0.458. The Morgan fingerprint density at radius 1 is 0.935 bits per heavy atom. The van der Waals surface area contributed by atoms with Gasteiger partial charge in [0.05, 0.1) is 5.52 Å². The van der Waals surface area contributed by atoms with Crippen LogP contribution < -0.4 is 15.5 Å². The van der Waals surface area contributed by atoms with E-state index in [1.165, 1.54) is 36.8 Å². The number of para-hydroxylation sites is 1. The maximum Gasteiger partial charge on any atom is 0.225 e. The molecule has 0 spiro atoms. The molecule has 1 aliphatic rings. The Morgan fingerprint density at radius 2 is 1.68 bits per heavy atom. The lowest BCUT2D eigenvalue weighted by Crippen LogP contribution is -2.32. The molecule has 31 heavy (non-hydrogen) atoms. The van der Waals surface area contributed by atoms with Crippen LogP contribution in [0.1, 0.15) is 36.8 Å². The molecule has 4 rings (SSSR count). The van der Waals surface area contributed by atoms with Gasteiger partial charge in [0.15, 0.2) is 0 Å². The van der Waals surface area contributed by atoms with E-state index in [0.717, 1.165) is 48.1 Å². The Kier molecular flexibility index (Phi) is 7.03. The third kappa shape index (κ3) is 5.73. The number of hydrogen-bond acceptors (Lipinski definition) is 5. The SMILES string of the molecule is Cc1ccc(CCNCC2CCC(Nc3nc(N(C)C)c4ccccc4n3)CC2)cc1. The first-order chi connectivity index (χ1) is 15.1. The van der Waals surface area contributed by atoms with Gasteiger partial charge in [-0.05, 0) is 75.7 Å². The quantitative estimate of drug-likeness (QED) is 0.515. The molecule has 1 heterocycles. The molecule has 164 valence electrons. The first-order valence-electron chi connectivity index (χ1n) is 11.6. The van der Waals surface area contributed by atoms with Crippen molar-refractivity contribution in [2.24, 2.45) is 5.92 Å². The van der Waals surface area contributed by atoms with E-state index in [9.17, 15) is 0 Å². The lowest BCUT2D eigenvalue weighted by molar-refractivity contribution is 0.325. The molecule has 2 N–H and O–H groups in total. The normalized spacial score (nSPS) is 18.8. The molecule has 1 aliphatic carbocycles. The first-order valence-corrected chi connectivity index (χ1v) is 11.6. The number of fused-ring (bicyclic) bond motifs is 1. The molecule has 0 radical (unpaired) electrons. The van der Waals surface area contributed by atoms with Crippen molar-refractivity contribution in [3.63, 3.8) is 0 Å². The maximum absolute atomic E-state index is 4.80. The molecule has 2 aromatic carbocycles. The molecule has 1 saturated carbocycles. The largest absolute Gasteiger partial charge is 0.362 e. The van der Waals surface area contributed by atoms with Crippen LogP contribution in [-0.4, -0.2) is 43.2 Å². The van der Waals surface area contributed by atoms with E-state index >= 15 is 0 Å². The molecule has 0 bridgehead atoms. The monoisotopic (exact) mass is 417 g/mol. The van der Waals surface area contributed by atoms with Crippen molar-refractivity contribution in [1.29, 1.82) is 0 Å². The van der Waals surface area contributed by atoms with Crippen LogP contribution in [0.2, 0.25) is 0 Å². The van der Waals surface area contributed by atoms with Crippen LogP contribution in [0.25, 0.3) is 10.9 Å². The fourth-order valence-electron chi connectivity index (χ4n) is 4.45. The second-order valence-corrected chi connectivity index (χ2v) is 9.08. The molecule has 1 aromatic heterocycles. The summed E-state index contributed by atoms with van der Waals surface area (Å²) in [5.74, 6) is 2.49. The molecule has 0 saturated heterocycles. The summed E-state index contributed by atoms with van der Waals surface area (Å²) >= 11 is 0. The molecule has 5 nitrogen and oxygen atoms in total. The van der Waals surface area contributed by atoms with Crippen molar-refractivity contribution in [1.82, 2.24) is 15.3 Å². The standard InChI is InChI=1S/C26H35N5/c1-19-8-10-20(11-9-19)16-17-27-18-21-12-14-22(15-13-21)28-26-29-24-7-5-4-6-23(24)25(30-26)31(2)3/h4-11,21-22,27H,12-18H2,1-3H3,(H,28,29,30). The van der Waals surface area contributed by atoms with Crippen molar-refractivity contribution in [3.05, 3.63) is 59.7 Å². The van der Waals surface area contributed by atoms with Crippen molar-refractivity contribution in [2.45, 2.75) is 45.1 Å². The summed E-state index contributed by atoms with van der Waals surface area (Å²) in [5, 5.41) is 8.38. The van der Waals surface area contributed by atoms with E-state index in [2.05, 4.69) is 58.9 Å². The van der Waals surface area contributed by atoms with Gasteiger partial charge < -0.3 is 15.5 Å². The van der Waals surface area contributed by atoms with Crippen LogP contribution in [0.4, 0.5) is 11.8 Å². The zero-order valence-corrected chi connectivity index (χ0v) is 19.1. The fourth-order valence-corrected chi connectivity index (χ4v) is 4.45. The van der Waals surface area contributed by atoms with Crippen LogP contribution in [0.15, 0.2) is 48.5 Å². The van der Waals surface area contributed by atoms with E-state index in [0.29, 0.717) is 6.04 Å². The lowest BCUT2D eigenvalue weighted by Gasteiger charge is -2.29. The summed E-state index contributed by atoms with van der Waals surface area (Å²) < 4.78 is 0. The summed E-state index contributed by atoms with van der Waals surface area (Å²) in [5.41, 5.74) is 3.74. The van der Waals surface area contributed by atoms with Gasteiger partial charge in [-0.25, -0.2) is 4.98 Å². The van der Waals surface area contributed by atoms with Gasteiger partial charge in [0.25, 0.3) is 0 Å². The third-order valence-corrected chi connectivity index (χ3v) is 6.33. The van der Waals surface area contributed by atoms with Gasteiger partial charge in [-0.1, -0.05) is 42.0 Å². The van der Waals surface area contributed by atoms with E-state index < -0.39 is 0 Å². The zero-order valence-electron chi connectivity index (χ0n) is 19.1. The van der Waals surface area contributed by atoms with Gasteiger partial charge in [0.2, 0.25) is 5.95 Å². The average molecular weight is 418 g/mol. The van der Waals surface area contributed by atoms with Gasteiger partial charge in [-0.3, -0.25) is 0 Å². The van der Waals surface area contributed by atoms with Crippen molar-refractivity contribution in [2.75, 3.05) is 37.4 Å². The lowest BCUT2D eigenvalue weighted by atomic mass is 9.86. The minimum absolute atomic E-state index is 0.458. The van der Waals surface area contributed by atoms with Gasteiger partial charge in [-0.15, -0.1) is 0 Å². The molecule has 0 atom stereocenters. The third-order valence-electron chi connectivity index (χ3n) is 6.33. The highest BCUT2D eigenvalue weighted by atomic mass is 15.2. The van der Waals surface area contributed by atoms with Crippen LogP contribution in [0, 0.1) is 12.8 Å². The Bertz CT molecular complexity index is 975. The molecular formula is C26H35N5. The van der Waals surface area contributed by atoms with Gasteiger partial charge in [0, 0.05) is 25.5 Å². The average Bonchev–Trinajstić information content (AvgIpc) is 2.78. The summed E-state index contributed by atoms with van der Waals surface area (Å²) in [7, 11) is 4.07. The van der Waals surface area contributed by atoms with Gasteiger partial charge in [-0.2, -0.15) is 4.98 Å². The summed E-state index contributed by atoms with van der Waals surface area (Å²) in [6, 6.07) is 17.6. The van der Waals surface area contributed by atoms with E-state index in [4.69, 9.17) is 9.97 Å². The molecule has 0 unspecified atom stereocenters. The number of hydrogen-bond donors (Lipinski definition) is 2. The molecule has 1 fully saturated rings. The minimum Gasteiger partial charge on any atom is -0.362 e. The number of aromatic nitrogens is 2. The zero-order chi connectivity index (χ0) is 21.6. The first kappa shape index (κ1) is 21.6. The predicted octanol–water partition coefficient (Wildman–Crippen LogP) is 4.81. The van der Waals surface area contributed by atoms with Crippen molar-refractivity contribution in [3.8, 4) is 0 Å². The number of anilines is 2. The van der Waals surface area contributed by atoms with Crippen LogP contribution >= 0.6 is 0 Å². The van der Waals surface area contributed by atoms with Crippen LogP contribution in [-0.2, 0) is 6.42 Å². The Morgan fingerprint density at radius 3 is 2.42 bits per heavy atom. The molecule has 0 amide bonds.